The van der Waals surface area contributed by atoms with Crippen LogP contribution in [0.15, 0.2) is 42.6 Å². The van der Waals surface area contributed by atoms with Crippen LogP contribution in [0.2, 0.25) is 0 Å². The van der Waals surface area contributed by atoms with Crippen molar-refractivity contribution in [2.45, 2.75) is 52.1 Å². The van der Waals surface area contributed by atoms with Crippen LogP contribution < -0.4 is 4.74 Å². The number of benzene rings is 2. The molecule has 0 radical (unpaired) electrons. The third-order valence-corrected chi connectivity index (χ3v) is 9.88. The van der Waals surface area contributed by atoms with Crippen molar-refractivity contribution in [1.29, 1.82) is 5.26 Å². The van der Waals surface area contributed by atoms with Gasteiger partial charge in [0, 0.05) is 72.9 Å². The Labute approximate surface area is 237 Å². The van der Waals surface area contributed by atoms with Crippen molar-refractivity contribution in [2.75, 3.05) is 46.4 Å². The number of aryl methyl sites for hydroxylation is 1. The highest BCUT2D eigenvalue weighted by Crippen LogP contribution is 2.56. The van der Waals surface area contributed by atoms with Crippen LogP contribution in [0.1, 0.15) is 65.7 Å². The largest absolute Gasteiger partial charge is 0.496 e. The minimum atomic E-state index is 0.134. The van der Waals surface area contributed by atoms with E-state index in [9.17, 15) is 10.1 Å². The molecule has 1 saturated carbocycles. The van der Waals surface area contributed by atoms with Gasteiger partial charge in [-0.15, -0.1) is 0 Å². The molecule has 3 aromatic rings. The zero-order valence-electron chi connectivity index (χ0n) is 24.1. The third kappa shape index (κ3) is 4.88. The Morgan fingerprint density at radius 2 is 1.85 bits per heavy atom. The number of H-pyrrole nitrogens is 1. The maximum absolute atomic E-state index is 13.3. The summed E-state index contributed by atoms with van der Waals surface area (Å²) in [6.45, 7) is 10.6. The molecule has 3 fully saturated rings. The summed E-state index contributed by atoms with van der Waals surface area (Å²) in [6, 6.07) is 15.4. The lowest BCUT2D eigenvalue weighted by Gasteiger charge is -2.53. The highest BCUT2D eigenvalue weighted by molar-refractivity contribution is 5.94. The van der Waals surface area contributed by atoms with Crippen LogP contribution in [-0.2, 0) is 6.54 Å². The summed E-state index contributed by atoms with van der Waals surface area (Å²) in [5.41, 5.74) is 5.83. The van der Waals surface area contributed by atoms with Gasteiger partial charge in [0.2, 0.25) is 0 Å². The van der Waals surface area contributed by atoms with E-state index in [4.69, 9.17) is 4.74 Å². The predicted molar refractivity (Wildman–Crippen MR) is 157 cm³/mol. The number of piperidine rings is 1. The SMILES string of the molecule is CCN1CCN(C(=O)c2ccc([C@@H]3CC4(CCN3Cc3c(OC)cc(C)c5[nH]ccc35)CC(C#N)C4)cc2)CC1. The Morgan fingerprint density at radius 3 is 2.52 bits per heavy atom. The third-order valence-electron chi connectivity index (χ3n) is 9.88. The Hall–Kier alpha value is -3.34. The second kappa shape index (κ2) is 10.9. The number of likely N-dealkylation sites (N-methyl/N-ethyl adjacent to an activating group) is 1. The molecule has 1 amide bonds. The first-order valence-electron chi connectivity index (χ1n) is 14.8. The normalized spacial score (nSPS) is 25.6. The van der Waals surface area contributed by atoms with Crippen LogP contribution in [0.3, 0.4) is 0 Å². The van der Waals surface area contributed by atoms with E-state index in [-0.39, 0.29) is 23.3 Å². The number of piperazine rings is 1. The second-order valence-corrected chi connectivity index (χ2v) is 12.2. The highest BCUT2D eigenvalue weighted by atomic mass is 16.5. The molecule has 1 spiro atoms. The molecule has 0 bridgehead atoms. The Kier molecular flexibility index (Phi) is 7.33. The number of rotatable bonds is 6. The van der Waals surface area contributed by atoms with Crippen molar-refractivity contribution in [3.8, 4) is 11.8 Å². The quantitative estimate of drug-likeness (QED) is 0.447. The van der Waals surface area contributed by atoms with Crippen LogP contribution >= 0.6 is 0 Å². The zero-order valence-corrected chi connectivity index (χ0v) is 24.1. The maximum atomic E-state index is 13.3. The van der Waals surface area contributed by atoms with Gasteiger partial charge in [-0.25, -0.2) is 0 Å². The van der Waals surface area contributed by atoms with E-state index in [2.05, 4.69) is 59.0 Å². The van der Waals surface area contributed by atoms with Gasteiger partial charge in [0.05, 0.1) is 13.2 Å². The molecule has 6 rings (SSSR count). The van der Waals surface area contributed by atoms with Crippen LogP contribution in [-0.4, -0.2) is 72.0 Å². The lowest BCUT2D eigenvalue weighted by atomic mass is 9.56. The smallest absolute Gasteiger partial charge is 0.253 e. The summed E-state index contributed by atoms with van der Waals surface area (Å²) in [6.07, 6.45) is 6.18. The molecule has 1 atom stereocenters. The molecule has 0 unspecified atom stereocenters. The summed E-state index contributed by atoms with van der Waals surface area (Å²) >= 11 is 0. The number of amides is 1. The summed E-state index contributed by atoms with van der Waals surface area (Å²) in [7, 11) is 1.76. The van der Waals surface area contributed by atoms with Gasteiger partial charge in [0.1, 0.15) is 5.75 Å². The van der Waals surface area contributed by atoms with Gasteiger partial charge in [-0.1, -0.05) is 19.1 Å². The molecular formula is C33H41N5O2. The molecule has 3 heterocycles. The number of fused-ring (bicyclic) bond motifs is 1. The minimum Gasteiger partial charge on any atom is -0.496 e. The Balaban J connectivity index is 1.27. The number of nitrogens with zero attached hydrogens (tertiary/aromatic N) is 4. The van der Waals surface area contributed by atoms with Crippen molar-refractivity contribution >= 4 is 16.8 Å². The molecular weight excluding hydrogens is 498 g/mol. The molecule has 40 heavy (non-hydrogen) atoms. The van der Waals surface area contributed by atoms with Crippen LogP contribution in [0.4, 0.5) is 0 Å². The van der Waals surface area contributed by atoms with E-state index in [0.717, 1.165) is 82.8 Å². The number of ether oxygens (including phenoxy) is 1. The lowest BCUT2D eigenvalue weighted by Crippen LogP contribution is -2.48. The van der Waals surface area contributed by atoms with Gasteiger partial charge >= 0.3 is 0 Å². The summed E-state index contributed by atoms with van der Waals surface area (Å²) in [5, 5.41) is 10.7. The summed E-state index contributed by atoms with van der Waals surface area (Å²) < 4.78 is 5.88. The molecule has 1 aliphatic carbocycles. The predicted octanol–water partition coefficient (Wildman–Crippen LogP) is 5.52. The number of hydrogen-bond acceptors (Lipinski definition) is 5. The fourth-order valence-corrected chi connectivity index (χ4v) is 7.43. The second-order valence-electron chi connectivity index (χ2n) is 12.2. The van der Waals surface area contributed by atoms with E-state index in [1.54, 1.807) is 7.11 Å². The number of nitriles is 1. The van der Waals surface area contributed by atoms with E-state index in [1.165, 1.54) is 27.6 Å². The van der Waals surface area contributed by atoms with Gasteiger partial charge in [0.15, 0.2) is 0 Å². The van der Waals surface area contributed by atoms with Gasteiger partial charge in [0.25, 0.3) is 5.91 Å². The van der Waals surface area contributed by atoms with Gasteiger partial charge < -0.3 is 19.5 Å². The van der Waals surface area contributed by atoms with Gasteiger partial charge in [-0.2, -0.15) is 5.26 Å². The molecule has 210 valence electrons. The number of nitrogens with one attached hydrogen (secondary N) is 1. The zero-order chi connectivity index (χ0) is 27.9. The van der Waals surface area contributed by atoms with E-state index in [0.29, 0.717) is 0 Å². The van der Waals surface area contributed by atoms with E-state index >= 15 is 0 Å². The molecule has 1 aromatic heterocycles. The number of methoxy groups -OCH3 is 1. The molecule has 2 aromatic carbocycles. The summed E-state index contributed by atoms with van der Waals surface area (Å²) in [4.78, 5) is 23.6. The number of aromatic amines is 1. The first-order chi connectivity index (χ1) is 19.4. The van der Waals surface area contributed by atoms with Crippen molar-refractivity contribution in [2.24, 2.45) is 11.3 Å². The molecule has 7 nitrogen and oxygen atoms in total. The van der Waals surface area contributed by atoms with Crippen LogP contribution in [0, 0.1) is 29.6 Å². The average molecular weight is 540 g/mol. The molecule has 2 aliphatic heterocycles. The van der Waals surface area contributed by atoms with Gasteiger partial charge in [-0.05, 0) is 86.5 Å². The van der Waals surface area contributed by atoms with Crippen molar-refractivity contribution in [3.05, 3.63) is 64.8 Å². The highest BCUT2D eigenvalue weighted by Gasteiger charge is 2.49. The Bertz CT molecular complexity index is 1410. The number of hydrogen-bond donors (Lipinski definition) is 1. The first-order valence-corrected chi connectivity index (χ1v) is 14.8. The first kappa shape index (κ1) is 26.9. The molecule has 1 N–H and O–H groups in total. The molecule has 7 heteroatoms. The number of carbonyl (C=O) groups excluding carboxylic acids is 1. The molecule has 3 aliphatic rings. The van der Waals surface area contributed by atoms with Crippen molar-refractivity contribution in [3.63, 3.8) is 0 Å². The average Bonchev–Trinajstić information content (AvgIpc) is 3.48. The monoisotopic (exact) mass is 539 g/mol. The number of likely N-dealkylation sites (tertiary alicyclic amines) is 1. The topological polar surface area (TPSA) is 75.6 Å². The van der Waals surface area contributed by atoms with Crippen molar-refractivity contribution < 1.29 is 9.53 Å². The van der Waals surface area contributed by atoms with E-state index in [1.807, 2.05) is 23.2 Å². The summed E-state index contributed by atoms with van der Waals surface area (Å²) in [5.74, 6) is 1.26. The van der Waals surface area contributed by atoms with E-state index < -0.39 is 0 Å². The fraction of sp³-hybridized carbons (Fsp3) is 0.515. The number of carbonyl (C=O) groups is 1. The standard InChI is InChI=1S/C33H41N5O2/c1-4-36-13-15-37(16-14-36)32(39)26-7-5-25(6-8-26)29-20-33(18-24(19-33)21-34)10-12-38(29)22-28-27-9-11-35-31(27)23(2)17-30(28)40-3/h5-9,11,17,24,29,35H,4,10,12-16,18-20,22H2,1-3H3/t24?,29-,33?/m0/s1. The maximum Gasteiger partial charge on any atom is 0.253 e. The van der Waals surface area contributed by atoms with Gasteiger partial charge in [-0.3, -0.25) is 9.69 Å². The number of aromatic nitrogens is 1. The Morgan fingerprint density at radius 1 is 1.10 bits per heavy atom. The van der Waals surface area contributed by atoms with Crippen LogP contribution in [0.5, 0.6) is 5.75 Å². The minimum absolute atomic E-state index is 0.134. The molecule has 2 saturated heterocycles. The lowest BCUT2D eigenvalue weighted by molar-refractivity contribution is -0.0298. The van der Waals surface area contributed by atoms with Crippen molar-refractivity contribution in [1.82, 2.24) is 19.7 Å². The fourth-order valence-electron chi connectivity index (χ4n) is 7.43. The van der Waals surface area contributed by atoms with Crippen LogP contribution in [0.25, 0.3) is 10.9 Å².